The van der Waals surface area contributed by atoms with Gasteiger partial charge in [0, 0.05) is 16.7 Å². The van der Waals surface area contributed by atoms with Gasteiger partial charge in [-0.05, 0) is 24.3 Å². The molecule has 0 spiro atoms. The maximum Gasteiger partial charge on any atom is 0.374 e. The monoisotopic (exact) mass is 239 g/mol. The average molecular weight is 239 g/mol. The van der Waals surface area contributed by atoms with Gasteiger partial charge in [-0.2, -0.15) is 0 Å². The lowest BCUT2D eigenvalue weighted by Crippen LogP contribution is -1.91. The van der Waals surface area contributed by atoms with E-state index < -0.39 is 0 Å². The van der Waals surface area contributed by atoms with E-state index in [2.05, 4.69) is 17.6 Å². The molecule has 0 amide bonds. The van der Waals surface area contributed by atoms with E-state index in [4.69, 9.17) is 12.7 Å². The number of hydrogen-bond acceptors (Lipinski definition) is 3. The summed E-state index contributed by atoms with van der Waals surface area (Å²) in [4.78, 5) is 5.18. The van der Waals surface area contributed by atoms with Crippen LogP contribution in [0.25, 0.3) is 0 Å². The van der Waals surface area contributed by atoms with Gasteiger partial charge in [-0.25, -0.2) is 0 Å². The predicted octanol–water partition coefficient (Wildman–Crippen LogP) is 3.19. The van der Waals surface area contributed by atoms with Crippen LogP contribution in [-0.2, 0) is 0 Å². The van der Waals surface area contributed by atoms with Gasteiger partial charge >= 0.3 is 8.05 Å². The van der Waals surface area contributed by atoms with Gasteiger partial charge in [0.25, 0.3) is 0 Å². The standard InChI is InChI=1S/C13H10BNOS/c14-16-12-7-3-1-5-10(12)9-15-11-6-2-4-8-13(11)17/h1-9,17H. The Kier molecular flexibility index (Phi) is 3.88. The van der Waals surface area contributed by atoms with Crippen molar-refractivity contribution in [1.82, 2.24) is 0 Å². The molecule has 0 bridgehead atoms. The van der Waals surface area contributed by atoms with Crippen LogP contribution >= 0.6 is 12.6 Å². The number of thiol groups is 1. The Balaban J connectivity index is 2.29. The summed E-state index contributed by atoms with van der Waals surface area (Å²) in [5, 5.41) is 0. The van der Waals surface area contributed by atoms with Crippen molar-refractivity contribution in [3.63, 3.8) is 0 Å². The summed E-state index contributed by atoms with van der Waals surface area (Å²) in [5.74, 6) is 0.591. The molecule has 0 heterocycles. The van der Waals surface area contributed by atoms with Crippen LogP contribution in [0.2, 0.25) is 0 Å². The van der Waals surface area contributed by atoms with Crippen LogP contribution in [0, 0.1) is 0 Å². The number of nitrogens with zero attached hydrogens (tertiary/aromatic N) is 1. The number of para-hydroxylation sites is 2. The summed E-state index contributed by atoms with van der Waals surface area (Å²) >= 11 is 4.32. The Hall–Kier alpha value is -1.68. The van der Waals surface area contributed by atoms with Crippen LogP contribution in [0.5, 0.6) is 5.75 Å². The molecule has 2 nitrogen and oxygen atoms in total. The average Bonchev–Trinajstić information content (AvgIpc) is 2.38. The van der Waals surface area contributed by atoms with Crippen LogP contribution in [0.4, 0.5) is 5.69 Å². The minimum Gasteiger partial charge on any atom is -0.567 e. The Bertz CT molecular complexity index is 542. The van der Waals surface area contributed by atoms with Crippen molar-refractivity contribution >= 4 is 32.6 Å². The van der Waals surface area contributed by atoms with Crippen molar-refractivity contribution in [1.29, 1.82) is 0 Å². The minimum absolute atomic E-state index is 0.591. The first-order chi connectivity index (χ1) is 8.31. The van der Waals surface area contributed by atoms with Crippen molar-refractivity contribution in [2.75, 3.05) is 0 Å². The molecule has 0 N–H and O–H groups in total. The molecule has 2 rings (SSSR count). The highest BCUT2D eigenvalue weighted by Gasteiger charge is 1.98. The summed E-state index contributed by atoms with van der Waals surface area (Å²) < 4.78 is 4.75. The normalized spacial score (nSPS) is 10.6. The van der Waals surface area contributed by atoms with E-state index in [-0.39, 0.29) is 0 Å². The van der Waals surface area contributed by atoms with Gasteiger partial charge in [0.15, 0.2) is 0 Å². The molecular weight excluding hydrogens is 229 g/mol. The van der Waals surface area contributed by atoms with Gasteiger partial charge in [0.1, 0.15) is 5.75 Å². The van der Waals surface area contributed by atoms with Gasteiger partial charge in [0.05, 0.1) is 5.69 Å². The van der Waals surface area contributed by atoms with Crippen LogP contribution in [0.1, 0.15) is 5.56 Å². The van der Waals surface area contributed by atoms with E-state index in [1.54, 1.807) is 12.3 Å². The predicted molar refractivity (Wildman–Crippen MR) is 73.8 cm³/mol. The topological polar surface area (TPSA) is 21.6 Å². The second kappa shape index (κ2) is 5.59. The molecule has 0 aromatic heterocycles. The lowest BCUT2D eigenvalue weighted by atomic mass is 10.2. The third-order valence-electron chi connectivity index (χ3n) is 2.27. The second-order valence-electron chi connectivity index (χ2n) is 3.40. The molecule has 2 radical (unpaired) electrons. The third kappa shape index (κ3) is 2.91. The van der Waals surface area contributed by atoms with Crippen molar-refractivity contribution in [2.45, 2.75) is 4.90 Å². The minimum atomic E-state index is 0.591. The number of hydrogen-bond donors (Lipinski definition) is 1. The summed E-state index contributed by atoms with van der Waals surface area (Å²) in [7, 11) is 5.17. The van der Waals surface area contributed by atoms with Crippen molar-refractivity contribution < 1.29 is 4.65 Å². The van der Waals surface area contributed by atoms with E-state index in [9.17, 15) is 0 Å². The molecule has 0 saturated heterocycles. The first-order valence-corrected chi connectivity index (χ1v) is 5.54. The molecule has 2 aromatic carbocycles. The molecule has 2 aromatic rings. The highest BCUT2D eigenvalue weighted by Crippen LogP contribution is 2.23. The zero-order valence-electron chi connectivity index (χ0n) is 9.08. The first-order valence-electron chi connectivity index (χ1n) is 5.09. The molecule has 17 heavy (non-hydrogen) atoms. The SMILES string of the molecule is [B]Oc1ccccc1C=Nc1ccccc1S. The van der Waals surface area contributed by atoms with Gasteiger partial charge < -0.3 is 4.65 Å². The Morgan fingerprint density at radius 3 is 2.53 bits per heavy atom. The van der Waals surface area contributed by atoms with Gasteiger partial charge in [0.2, 0.25) is 0 Å². The number of rotatable bonds is 3. The Morgan fingerprint density at radius 2 is 1.76 bits per heavy atom. The Labute approximate surface area is 107 Å². The highest BCUT2D eigenvalue weighted by atomic mass is 32.1. The lowest BCUT2D eigenvalue weighted by Gasteiger charge is -2.04. The molecule has 4 heteroatoms. The van der Waals surface area contributed by atoms with E-state index in [1.165, 1.54) is 0 Å². The van der Waals surface area contributed by atoms with E-state index in [1.807, 2.05) is 42.5 Å². The van der Waals surface area contributed by atoms with Crippen molar-refractivity contribution in [3.05, 3.63) is 54.1 Å². The zero-order valence-corrected chi connectivity index (χ0v) is 9.97. The fourth-order valence-electron chi connectivity index (χ4n) is 1.41. The van der Waals surface area contributed by atoms with Crippen LogP contribution in [-0.4, -0.2) is 14.3 Å². The first kappa shape index (κ1) is 11.8. The summed E-state index contributed by atoms with van der Waals surface area (Å²) in [6.45, 7) is 0. The van der Waals surface area contributed by atoms with Gasteiger partial charge in [-0.3, -0.25) is 4.99 Å². The Morgan fingerprint density at radius 1 is 1.06 bits per heavy atom. The number of aliphatic imine (C=N–C) groups is 1. The van der Waals surface area contributed by atoms with Gasteiger partial charge in [-0.1, -0.05) is 24.3 Å². The van der Waals surface area contributed by atoms with Crippen LogP contribution in [0.15, 0.2) is 58.4 Å². The zero-order chi connectivity index (χ0) is 12.1. The van der Waals surface area contributed by atoms with Crippen LogP contribution in [0.3, 0.4) is 0 Å². The fourth-order valence-corrected chi connectivity index (χ4v) is 1.63. The fraction of sp³-hybridized carbons (Fsp3) is 0. The van der Waals surface area contributed by atoms with Gasteiger partial charge in [-0.15, -0.1) is 12.6 Å². The molecular formula is C13H10BNOS. The van der Waals surface area contributed by atoms with Crippen molar-refractivity contribution in [2.24, 2.45) is 4.99 Å². The summed E-state index contributed by atoms with van der Waals surface area (Å²) in [6, 6.07) is 15.0. The van der Waals surface area contributed by atoms with Crippen LogP contribution < -0.4 is 4.65 Å². The second-order valence-corrected chi connectivity index (χ2v) is 3.88. The summed E-state index contributed by atoms with van der Waals surface area (Å²) in [5.41, 5.74) is 1.63. The smallest absolute Gasteiger partial charge is 0.374 e. The molecule has 0 aliphatic rings. The third-order valence-corrected chi connectivity index (χ3v) is 2.65. The molecule has 0 aliphatic heterocycles. The molecule has 0 saturated carbocycles. The largest absolute Gasteiger partial charge is 0.567 e. The molecule has 0 unspecified atom stereocenters. The molecule has 0 aliphatic carbocycles. The van der Waals surface area contributed by atoms with Crippen molar-refractivity contribution in [3.8, 4) is 5.75 Å². The maximum absolute atomic E-state index is 5.17. The van der Waals surface area contributed by atoms with E-state index in [0.717, 1.165) is 16.1 Å². The van der Waals surface area contributed by atoms with E-state index in [0.29, 0.717) is 5.75 Å². The molecule has 0 fully saturated rings. The highest BCUT2D eigenvalue weighted by molar-refractivity contribution is 7.80. The quantitative estimate of drug-likeness (QED) is 0.495. The van der Waals surface area contributed by atoms with E-state index >= 15 is 0 Å². The maximum atomic E-state index is 5.17. The number of benzene rings is 2. The molecule has 0 atom stereocenters. The molecule has 82 valence electrons. The summed E-state index contributed by atoms with van der Waals surface area (Å²) in [6.07, 6.45) is 1.71. The lowest BCUT2D eigenvalue weighted by molar-refractivity contribution is 0.615.